The average molecular weight is 431 g/mol. The quantitative estimate of drug-likeness (QED) is 0.583. The van der Waals surface area contributed by atoms with Crippen LogP contribution in [0.25, 0.3) is 0 Å². The molecule has 3 nitrogen and oxygen atoms in total. The van der Waals surface area contributed by atoms with E-state index in [1.807, 2.05) is 0 Å². The summed E-state index contributed by atoms with van der Waals surface area (Å²) in [6.07, 6.45) is 4.90. The van der Waals surface area contributed by atoms with Crippen LogP contribution in [0.1, 0.15) is 69.6 Å². The minimum absolute atomic E-state index is 0.0635. The summed E-state index contributed by atoms with van der Waals surface area (Å²) in [5.74, 6) is -1.26. The van der Waals surface area contributed by atoms with E-state index in [1.165, 1.54) is 29.7 Å². The number of hydrogen-bond donors (Lipinski definition) is 3. The predicted molar refractivity (Wildman–Crippen MR) is 122 cm³/mol. The molecule has 31 heavy (non-hydrogen) atoms. The molecule has 2 unspecified atom stereocenters. The molecule has 4 N–H and O–H groups in total. The van der Waals surface area contributed by atoms with Crippen molar-refractivity contribution in [1.29, 1.82) is 0 Å². The molecule has 2 atom stereocenters. The van der Waals surface area contributed by atoms with E-state index in [2.05, 4.69) is 50.4 Å². The second kappa shape index (κ2) is 9.76. The molecular weight excluding hydrogens is 394 g/mol. The Kier molecular flexibility index (Phi) is 7.51. The van der Waals surface area contributed by atoms with E-state index in [9.17, 15) is 13.9 Å². The van der Waals surface area contributed by atoms with Crippen LogP contribution in [0.3, 0.4) is 0 Å². The summed E-state index contributed by atoms with van der Waals surface area (Å²) in [6.45, 7) is 6.97. The van der Waals surface area contributed by atoms with Crippen LogP contribution in [-0.2, 0) is 17.4 Å². The fraction of sp³-hybridized carbons (Fsp3) is 0.538. The molecule has 5 heteroatoms. The van der Waals surface area contributed by atoms with Crippen LogP contribution in [0.15, 0.2) is 42.5 Å². The minimum Gasteiger partial charge on any atom is -0.390 e. The molecule has 0 aromatic heterocycles. The van der Waals surface area contributed by atoms with Gasteiger partial charge in [0.1, 0.15) is 11.6 Å². The summed E-state index contributed by atoms with van der Waals surface area (Å²) in [5.41, 5.74) is 9.07. The lowest BCUT2D eigenvalue weighted by molar-refractivity contribution is 0.116. The van der Waals surface area contributed by atoms with E-state index in [-0.39, 0.29) is 17.4 Å². The molecule has 0 aliphatic heterocycles. The predicted octanol–water partition coefficient (Wildman–Crippen LogP) is 4.94. The maximum atomic E-state index is 13.5. The van der Waals surface area contributed by atoms with Crippen molar-refractivity contribution in [3.8, 4) is 0 Å². The fourth-order valence-electron chi connectivity index (χ4n) is 4.59. The Morgan fingerprint density at radius 1 is 1.03 bits per heavy atom. The zero-order valence-corrected chi connectivity index (χ0v) is 18.9. The van der Waals surface area contributed by atoms with Crippen molar-refractivity contribution < 1.29 is 13.9 Å². The van der Waals surface area contributed by atoms with Crippen molar-refractivity contribution in [1.82, 2.24) is 5.32 Å². The smallest absolute Gasteiger partial charge is 0.126 e. The first-order chi connectivity index (χ1) is 14.6. The molecule has 2 aromatic carbocycles. The summed E-state index contributed by atoms with van der Waals surface area (Å²) in [5, 5.41) is 14.4. The SMILES string of the molecule is CC(C)(C)c1cccc(C2(NCC(O)C(N)Cc3cc(F)cc(F)c3)CCCCC2)c1. The van der Waals surface area contributed by atoms with Gasteiger partial charge in [0.05, 0.1) is 6.10 Å². The van der Waals surface area contributed by atoms with Gasteiger partial charge in [-0.2, -0.15) is 0 Å². The third-order valence-electron chi connectivity index (χ3n) is 6.53. The lowest BCUT2D eigenvalue weighted by atomic mass is 9.74. The molecule has 0 amide bonds. The average Bonchev–Trinajstić information content (AvgIpc) is 2.71. The molecule has 0 bridgehead atoms. The molecule has 1 saturated carbocycles. The van der Waals surface area contributed by atoms with E-state index in [0.29, 0.717) is 12.1 Å². The Bertz CT molecular complexity index is 852. The van der Waals surface area contributed by atoms with Gasteiger partial charge >= 0.3 is 0 Å². The number of hydrogen-bond acceptors (Lipinski definition) is 3. The first-order valence-corrected chi connectivity index (χ1v) is 11.3. The van der Waals surface area contributed by atoms with E-state index >= 15 is 0 Å². The van der Waals surface area contributed by atoms with Crippen LogP contribution in [-0.4, -0.2) is 23.8 Å². The Morgan fingerprint density at radius 2 is 1.68 bits per heavy atom. The van der Waals surface area contributed by atoms with Crippen LogP contribution in [0.4, 0.5) is 8.78 Å². The van der Waals surface area contributed by atoms with Gasteiger partial charge in [-0.05, 0) is 53.5 Å². The fourth-order valence-corrected chi connectivity index (χ4v) is 4.59. The first kappa shape index (κ1) is 23.8. The number of rotatable bonds is 7. The number of aliphatic hydroxyl groups is 1. The van der Waals surface area contributed by atoms with Gasteiger partial charge in [-0.25, -0.2) is 8.78 Å². The van der Waals surface area contributed by atoms with Crippen LogP contribution in [0.2, 0.25) is 0 Å². The Hall–Kier alpha value is -1.82. The summed E-state index contributed by atoms with van der Waals surface area (Å²) < 4.78 is 26.9. The highest BCUT2D eigenvalue weighted by Crippen LogP contribution is 2.38. The summed E-state index contributed by atoms with van der Waals surface area (Å²) in [7, 11) is 0. The topological polar surface area (TPSA) is 58.3 Å². The van der Waals surface area contributed by atoms with Crippen molar-refractivity contribution in [3.63, 3.8) is 0 Å². The lowest BCUT2D eigenvalue weighted by Gasteiger charge is -2.40. The van der Waals surface area contributed by atoms with Crippen molar-refractivity contribution >= 4 is 0 Å². The number of aliphatic hydroxyl groups excluding tert-OH is 1. The third-order valence-corrected chi connectivity index (χ3v) is 6.53. The third kappa shape index (κ3) is 6.12. The molecule has 0 radical (unpaired) electrons. The van der Waals surface area contributed by atoms with Crippen LogP contribution < -0.4 is 11.1 Å². The highest BCUT2D eigenvalue weighted by molar-refractivity contribution is 5.34. The van der Waals surface area contributed by atoms with Gasteiger partial charge in [-0.15, -0.1) is 0 Å². The maximum Gasteiger partial charge on any atom is 0.126 e. The lowest BCUT2D eigenvalue weighted by Crippen LogP contribution is -2.51. The van der Waals surface area contributed by atoms with Crippen molar-refractivity contribution in [2.75, 3.05) is 6.54 Å². The molecule has 1 fully saturated rings. The maximum absolute atomic E-state index is 13.5. The summed E-state index contributed by atoms with van der Waals surface area (Å²) in [4.78, 5) is 0. The van der Waals surface area contributed by atoms with Crippen LogP contribution >= 0.6 is 0 Å². The standard InChI is InChI=1S/C26H36F2N2O/c1-25(2,3)19-8-7-9-20(15-19)26(10-5-4-6-11-26)30-17-24(31)23(29)14-18-12-21(27)16-22(28)13-18/h7-9,12-13,15-16,23-24,30-31H,4-6,10-11,14,17,29H2,1-3H3. The second-order valence-corrected chi connectivity index (χ2v) is 10.1. The van der Waals surface area contributed by atoms with Gasteiger partial charge in [0.15, 0.2) is 0 Å². The van der Waals surface area contributed by atoms with Gasteiger partial charge in [-0.3, -0.25) is 0 Å². The Labute approximate surface area is 185 Å². The van der Waals surface area contributed by atoms with E-state index < -0.39 is 23.8 Å². The van der Waals surface area contributed by atoms with Gasteiger partial charge < -0.3 is 16.2 Å². The molecule has 0 heterocycles. The summed E-state index contributed by atoms with van der Waals surface area (Å²) in [6, 6.07) is 11.5. The molecule has 170 valence electrons. The van der Waals surface area contributed by atoms with E-state index in [0.717, 1.165) is 31.7 Å². The van der Waals surface area contributed by atoms with Crippen LogP contribution in [0.5, 0.6) is 0 Å². The van der Waals surface area contributed by atoms with Gasteiger partial charge in [0.2, 0.25) is 0 Å². The molecule has 3 rings (SSSR count). The van der Waals surface area contributed by atoms with E-state index in [4.69, 9.17) is 5.73 Å². The van der Waals surface area contributed by atoms with Gasteiger partial charge in [-0.1, -0.05) is 64.3 Å². The Balaban J connectivity index is 1.72. The minimum atomic E-state index is -0.823. The zero-order valence-electron chi connectivity index (χ0n) is 18.9. The van der Waals surface area contributed by atoms with Crippen molar-refractivity contribution in [2.24, 2.45) is 5.73 Å². The number of benzene rings is 2. The first-order valence-electron chi connectivity index (χ1n) is 11.3. The largest absolute Gasteiger partial charge is 0.390 e. The molecule has 1 aliphatic carbocycles. The van der Waals surface area contributed by atoms with Gasteiger partial charge in [0, 0.05) is 24.2 Å². The molecule has 1 aliphatic rings. The Morgan fingerprint density at radius 3 is 2.29 bits per heavy atom. The van der Waals surface area contributed by atoms with Crippen molar-refractivity contribution in [3.05, 3.63) is 70.8 Å². The zero-order chi connectivity index (χ0) is 22.6. The summed E-state index contributed by atoms with van der Waals surface area (Å²) >= 11 is 0. The molecule has 0 saturated heterocycles. The molecule has 2 aromatic rings. The van der Waals surface area contributed by atoms with Crippen molar-refractivity contribution in [2.45, 2.75) is 82.4 Å². The second-order valence-electron chi connectivity index (χ2n) is 10.1. The normalized spacial score (nSPS) is 18.5. The monoisotopic (exact) mass is 430 g/mol. The molecule has 0 spiro atoms. The number of nitrogens with two attached hydrogens (primary N) is 1. The number of nitrogens with one attached hydrogen (secondary N) is 1. The number of halogens is 2. The van der Waals surface area contributed by atoms with Crippen LogP contribution in [0, 0.1) is 11.6 Å². The molecular formula is C26H36F2N2O. The van der Waals surface area contributed by atoms with Gasteiger partial charge in [0.25, 0.3) is 0 Å². The highest BCUT2D eigenvalue weighted by Gasteiger charge is 2.35. The van der Waals surface area contributed by atoms with E-state index in [1.54, 1.807) is 0 Å². The highest BCUT2D eigenvalue weighted by atomic mass is 19.1.